The smallest absolute Gasteiger partial charge is 0.870 e. The zero-order chi connectivity index (χ0) is 34.1. The van der Waals surface area contributed by atoms with E-state index in [4.69, 9.17) is 14.0 Å². The maximum Gasteiger partial charge on any atom is 1.00 e. The molecule has 0 amide bonds. The Bertz CT molecular complexity index is 2190. The van der Waals surface area contributed by atoms with Crippen LogP contribution in [-0.4, -0.2) is 79.8 Å². The van der Waals surface area contributed by atoms with E-state index < -0.39 is 107 Å². The molecule has 25 heteroatoms. The number of methoxy groups -OCH3 is 2. The number of benzene rings is 3. The molecule has 3 rings (SSSR count). The van der Waals surface area contributed by atoms with Gasteiger partial charge in [0, 0.05) is 17.5 Å². The molecule has 0 unspecified atom stereocenters. The summed E-state index contributed by atoms with van der Waals surface area (Å²) in [4.78, 5) is 0.954. The molecule has 0 aromatic heterocycles. The molecule has 0 heterocycles. The number of aliphatic imine (C=N–C) groups is 1. The summed E-state index contributed by atoms with van der Waals surface area (Å²) in [6, 6.07) is 3.79. The monoisotopic (exact) mass is 757 g/mol. The van der Waals surface area contributed by atoms with Gasteiger partial charge in [0.1, 0.15) is 27.0 Å². The predicted octanol–water partition coefficient (Wildman–Crippen LogP) is -5.15. The molecule has 47 heavy (non-hydrogen) atoms. The summed E-state index contributed by atoms with van der Waals surface area (Å²) in [5.41, 5.74) is -2.01. The third-order valence-electron chi connectivity index (χ3n) is 5.58. The maximum absolute atomic E-state index is 13.5. The van der Waals surface area contributed by atoms with Crippen LogP contribution in [0.4, 0.5) is 17.1 Å². The van der Waals surface area contributed by atoms with Crippen molar-refractivity contribution in [2.75, 3.05) is 26.6 Å². The Morgan fingerprint density at radius 3 is 1.87 bits per heavy atom. The van der Waals surface area contributed by atoms with Gasteiger partial charge in [0.25, 0.3) is 20.2 Å². The van der Waals surface area contributed by atoms with Crippen LogP contribution < -0.4 is 78.8 Å². The molecule has 0 fully saturated rings. The molecule has 3 aromatic carbocycles. The first-order chi connectivity index (χ1) is 20.6. The summed E-state index contributed by atoms with van der Waals surface area (Å²) in [6.45, 7) is -0.0148. The van der Waals surface area contributed by atoms with Crippen LogP contribution >= 0.6 is 0 Å². The Balaban J connectivity index is 0.00000552. The molecule has 0 saturated heterocycles. The van der Waals surface area contributed by atoms with E-state index in [1.54, 1.807) is 0 Å². The van der Waals surface area contributed by atoms with E-state index in [0.717, 1.165) is 33.3 Å². The van der Waals surface area contributed by atoms with Crippen molar-refractivity contribution in [3.8, 4) is 17.2 Å². The normalized spacial score (nSPS) is 12.9. The molecule has 0 radical (unpaired) electrons. The Morgan fingerprint density at radius 1 is 0.787 bits per heavy atom. The molecule has 0 bridgehead atoms. The van der Waals surface area contributed by atoms with Gasteiger partial charge in [0.2, 0.25) is 0 Å². The van der Waals surface area contributed by atoms with Crippen molar-refractivity contribution in [2.45, 2.75) is 21.6 Å². The van der Waals surface area contributed by atoms with Crippen LogP contribution in [0.1, 0.15) is 6.92 Å². The zero-order valence-electron chi connectivity index (χ0n) is 24.9. The van der Waals surface area contributed by atoms with Gasteiger partial charge in [-0.2, -0.15) is 25.3 Å². The Morgan fingerprint density at radius 2 is 1.38 bits per heavy atom. The second-order valence-electron chi connectivity index (χ2n) is 8.62. The first-order valence-corrected chi connectivity index (χ1v) is 17.5. The van der Waals surface area contributed by atoms with E-state index in [1.165, 1.54) is 0 Å². The fraction of sp³-hybridized carbons (Fsp3) is 0.227. The molecule has 0 aliphatic heterocycles. The van der Waals surface area contributed by atoms with E-state index in [-0.39, 0.29) is 70.6 Å². The summed E-state index contributed by atoms with van der Waals surface area (Å²) in [5.74, 6) is -3.93. The van der Waals surface area contributed by atoms with Crippen LogP contribution in [0.3, 0.4) is 0 Å². The van der Waals surface area contributed by atoms with E-state index in [9.17, 15) is 53.0 Å². The van der Waals surface area contributed by atoms with E-state index in [2.05, 4.69) is 19.4 Å². The number of hydrogen-bond acceptors (Lipinski definition) is 16. The predicted molar refractivity (Wildman–Crippen MR) is 149 cm³/mol. The largest absolute Gasteiger partial charge is 1.00 e. The van der Waals surface area contributed by atoms with Gasteiger partial charge in [0.15, 0.2) is 9.84 Å². The second-order valence-corrected chi connectivity index (χ2v) is 14.6. The van der Waals surface area contributed by atoms with Gasteiger partial charge in [-0.05, 0) is 36.4 Å². The minimum atomic E-state index is -5.28. The van der Waals surface area contributed by atoms with Gasteiger partial charge < -0.3 is 19.7 Å². The van der Waals surface area contributed by atoms with Crippen molar-refractivity contribution in [3.05, 3.63) is 30.3 Å². The van der Waals surface area contributed by atoms with Crippen molar-refractivity contribution < 1.29 is 130 Å². The first-order valence-electron chi connectivity index (χ1n) is 11.6. The van der Waals surface area contributed by atoms with E-state index in [1.807, 2.05) is 0 Å². The standard InChI is InChI=1S/C22H23N3O16S4.2Na/c1-11(26)23-15-8-13(43(30,31)32)6-12-7-19(44(33,34)35)21(22(27)20(12)15)25-24-14-9-17(40-3)18(10-16(14)39-2)42(28,29)5-4-41-45(36,37)38;;/h6-10,27H,4-5H2,1-3H3,(H,23,26)(H,30,31,32)(H,33,34,35)(H,36,37,38);;/q;2*+1/p-2. The van der Waals surface area contributed by atoms with Crippen molar-refractivity contribution in [3.63, 3.8) is 0 Å². The van der Waals surface area contributed by atoms with Gasteiger partial charge >= 0.3 is 69.5 Å². The Hall–Kier alpha value is -1.97. The molecule has 0 aliphatic carbocycles. The summed E-state index contributed by atoms with van der Waals surface area (Å²) in [7, 11) is -17.4. The second kappa shape index (κ2) is 16.2. The van der Waals surface area contributed by atoms with Crippen LogP contribution in [0.5, 0.6) is 17.2 Å². The fourth-order valence-corrected chi connectivity index (χ4v) is 6.61. The summed E-state index contributed by atoms with van der Waals surface area (Å²) in [6.07, 6.45) is 0. The number of ether oxygens (including phenoxy) is 2. The number of azo groups is 1. The number of sulfone groups is 1. The molecule has 0 atom stereocenters. The SMILES string of the molecule is COc1cc(S(=O)(=O)CCOS(=O)(=O)O)c(OC)cc1N=Nc1c(S(=O)(=O)O)cc2cc(S(=O)(=O)O)cc(N=C(C)[O-])c2c1[O-].[Na+].[Na+]. The van der Waals surface area contributed by atoms with Gasteiger partial charge in [-0.25, -0.2) is 12.6 Å². The minimum Gasteiger partial charge on any atom is -0.870 e. The van der Waals surface area contributed by atoms with Crippen LogP contribution in [0.25, 0.3) is 10.8 Å². The van der Waals surface area contributed by atoms with Crippen LogP contribution in [0, 0.1) is 0 Å². The molecule has 0 saturated carbocycles. The van der Waals surface area contributed by atoms with Gasteiger partial charge in [-0.3, -0.25) is 18.7 Å². The Labute approximate surface area is 312 Å². The first kappa shape index (κ1) is 43.1. The van der Waals surface area contributed by atoms with E-state index in [0.29, 0.717) is 18.2 Å². The number of nitrogens with zero attached hydrogens (tertiary/aromatic N) is 3. The Kier molecular flexibility index (Phi) is 14.8. The summed E-state index contributed by atoms with van der Waals surface area (Å²) in [5, 5.41) is 31.5. The van der Waals surface area contributed by atoms with Gasteiger partial charge in [-0.1, -0.05) is 5.75 Å². The van der Waals surface area contributed by atoms with Crippen LogP contribution in [-0.2, 0) is 44.7 Å². The molecular weight excluding hydrogens is 736 g/mol. The fourth-order valence-electron chi connectivity index (χ4n) is 3.76. The molecule has 19 nitrogen and oxygen atoms in total. The molecule has 0 spiro atoms. The summed E-state index contributed by atoms with van der Waals surface area (Å²) < 4.78 is 137. The third kappa shape index (κ3) is 10.8. The average Bonchev–Trinajstić information content (AvgIpc) is 2.89. The van der Waals surface area contributed by atoms with Crippen molar-refractivity contribution in [2.24, 2.45) is 15.2 Å². The molecular formula is C22H21N3Na2O16S4. The van der Waals surface area contributed by atoms with Gasteiger partial charge in [0.05, 0.1) is 42.8 Å². The summed E-state index contributed by atoms with van der Waals surface area (Å²) >= 11 is 0. The average molecular weight is 758 g/mol. The number of hydrogen-bond donors (Lipinski definition) is 3. The number of rotatable bonds is 12. The maximum atomic E-state index is 13.5. The van der Waals surface area contributed by atoms with E-state index >= 15 is 0 Å². The van der Waals surface area contributed by atoms with Crippen molar-refractivity contribution >= 4 is 74.2 Å². The third-order valence-corrected chi connectivity index (χ3v) is 9.44. The molecule has 0 aliphatic rings. The van der Waals surface area contributed by atoms with Gasteiger partial charge in [-0.15, -0.1) is 10.2 Å². The quantitative estimate of drug-likeness (QED) is 0.0511. The minimum absolute atomic E-state index is 0. The molecule has 246 valence electrons. The molecule has 3 N–H and O–H groups in total. The molecule has 3 aromatic rings. The van der Waals surface area contributed by atoms with Crippen molar-refractivity contribution in [1.29, 1.82) is 0 Å². The zero-order valence-corrected chi connectivity index (χ0v) is 32.2. The van der Waals surface area contributed by atoms with Crippen molar-refractivity contribution in [1.82, 2.24) is 0 Å². The number of fused-ring (bicyclic) bond motifs is 1. The van der Waals surface area contributed by atoms with Crippen LogP contribution in [0.15, 0.2) is 60.2 Å². The topological polar surface area (TPSA) is 308 Å². The van der Waals surface area contributed by atoms with Crippen LogP contribution in [0.2, 0.25) is 0 Å².